The molecule has 0 aromatic heterocycles. The van der Waals surface area contributed by atoms with Crippen LogP contribution in [0.2, 0.25) is 0 Å². The number of amides is 2. The number of carbonyl (C=O) groups is 1. The van der Waals surface area contributed by atoms with Crippen molar-refractivity contribution in [2.24, 2.45) is 0 Å². The lowest BCUT2D eigenvalue weighted by Gasteiger charge is -2.21. The molecule has 0 fully saturated rings. The number of benzene rings is 2. The largest absolute Gasteiger partial charge is 0.496 e. The highest BCUT2D eigenvalue weighted by Crippen LogP contribution is 2.29. The minimum absolute atomic E-state index is 0.0464. The number of ether oxygens (including phenoxy) is 2. The minimum atomic E-state index is -0.604. The van der Waals surface area contributed by atoms with E-state index >= 15 is 0 Å². The van der Waals surface area contributed by atoms with Crippen molar-refractivity contribution in [3.8, 4) is 11.5 Å². The van der Waals surface area contributed by atoms with Gasteiger partial charge >= 0.3 is 6.03 Å². The Morgan fingerprint density at radius 1 is 1.22 bits per heavy atom. The Morgan fingerprint density at radius 2 is 1.96 bits per heavy atom. The highest BCUT2D eigenvalue weighted by atomic mass is 19.1. The van der Waals surface area contributed by atoms with Crippen molar-refractivity contribution < 1.29 is 23.6 Å². The summed E-state index contributed by atoms with van der Waals surface area (Å²) in [6, 6.07) is 8.00. The number of anilines is 1. The fourth-order valence-electron chi connectivity index (χ4n) is 2.45. The topological polar surface area (TPSA) is 93.9 Å². The first kappa shape index (κ1) is 20.0. The molecule has 2 amide bonds. The number of methoxy groups -OCH3 is 2. The molecule has 0 spiro atoms. The van der Waals surface area contributed by atoms with Crippen molar-refractivity contribution in [2.75, 3.05) is 26.1 Å². The van der Waals surface area contributed by atoms with Gasteiger partial charge in [-0.3, -0.25) is 10.1 Å². The first-order valence-corrected chi connectivity index (χ1v) is 8.10. The molecule has 0 bridgehead atoms. The average molecular weight is 377 g/mol. The van der Waals surface area contributed by atoms with Crippen molar-refractivity contribution in [2.45, 2.75) is 13.5 Å². The SMILES string of the molecule is CCN(Cc1ccc(OC)c(F)c1)C(=O)Nc1ccc(OC)cc1[N+](=O)[O-]. The summed E-state index contributed by atoms with van der Waals surface area (Å²) in [5.74, 6) is -0.113. The van der Waals surface area contributed by atoms with Crippen LogP contribution in [0.15, 0.2) is 36.4 Å². The number of rotatable bonds is 7. The molecular weight excluding hydrogens is 357 g/mol. The molecule has 8 nitrogen and oxygen atoms in total. The lowest BCUT2D eigenvalue weighted by atomic mass is 10.2. The van der Waals surface area contributed by atoms with Crippen LogP contribution in [-0.4, -0.2) is 36.6 Å². The van der Waals surface area contributed by atoms with Gasteiger partial charge in [0.05, 0.1) is 25.2 Å². The number of urea groups is 1. The predicted molar refractivity (Wildman–Crippen MR) is 97.7 cm³/mol. The Labute approximate surface area is 155 Å². The first-order valence-electron chi connectivity index (χ1n) is 8.10. The van der Waals surface area contributed by atoms with Gasteiger partial charge in [0.1, 0.15) is 11.4 Å². The Balaban J connectivity index is 2.18. The van der Waals surface area contributed by atoms with Gasteiger partial charge in [0, 0.05) is 13.1 Å². The third kappa shape index (κ3) is 4.84. The Kier molecular flexibility index (Phi) is 6.53. The summed E-state index contributed by atoms with van der Waals surface area (Å²) in [5.41, 5.74) is 0.328. The van der Waals surface area contributed by atoms with Gasteiger partial charge in [0.25, 0.3) is 5.69 Å². The third-order valence-electron chi connectivity index (χ3n) is 3.90. The number of hydrogen-bond acceptors (Lipinski definition) is 5. The lowest BCUT2D eigenvalue weighted by molar-refractivity contribution is -0.384. The van der Waals surface area contributed by atoms with Gasteiger partial charge in [-0.15, -0.1) is 0 Å². The summed E-state index contributed by atoms with van der Waals surface area (Å²) in [6.07, 6.45) is 0. The van der Waals surface area contributed by atoms with E-state index in [4.69, 9.17) is 9.47 Å². The average Bonchev–Trinajstić information content (AvgIpc) is 2.66. The number of carbonyl (C=O) groups excluding carboxylic acids is 1. The quantitative estimate of drug-likeness (QED) is 0.585. The standard InChI is InChI=1S/C18H20FN3O5/c1-4-21(11-12-5-8-17(27-3)14(19)9-12)18(23)20-15-7-6-13(26-2)10-16(15)22(24)25/h5-10H,4,11H2,1-3H3,(H,20,23). The third-order valence-corrected chi connectivity index (χ3v) is 3.90. The second-order valence-corrected chi connectivity index (χ2v) is 5.55. The molecule has 144 valence electrons. The van der Waals surface area contributed by atoms with Crippen LogP contribution in [-0.2, 0) is 6.54 Å². The molecule has 0 aliphatic rings. The Hall–Kier alpha value is -3.36. The fraction of sp³-hybridized carbons (Fsp3) is 0.278. The lowest BCUT2D eigenvalue weighted by Crippen LogP contribution is -2.34. The van der Waals surface area contributed by atoms with Crippen LogP contribution >= 0.6 is 0 Å². The molecule has 0 aliphatic heterocycles. The molecule has 2 aromatic rings. The Morgan fingerprint density at radius 3 is 2.52 bits per heavy atom. The van der Waals surface area contributed by atoms with Crippen LogP contribution < -0.4 is 14.8 Å². The number of hydrogen-bond donors (Lipinski definition) is 1. The zero-order chi connectivity index (χ0) is 20.0. The predicted octanol–water partition coefficient (Wildman–Crippen LogP) is 3.81. The molecular formula is C18H20FN3O5. The van der Waals surface area contributed by atoms with Crippen LogP contribution in [0, 0.1) is 15.9 Å². The van der Waals surface area contributed by atoms with Crippen LogP contribution in [0.3, 0.4) is 0 Å². The molecule has 1 N–H and O–H groups in total. The van der Waals surface area contributed by atoms with Crippen molar-refractivity contribution in [1.82, 2.24) is 4.90 Å². The van der Waals surface area contributed by atoms with Crippen LogP contribution in [0.4, 0.5) is 20.6 Å². The van der Waals surface area contributed by atoms with Crippen molar-refractivity contribution in [1.29, 1.82) is 0 Å². The van der Waals surface area contributed by atoms with Crippen molar-refractivity contribution in [3.05, 3.63) is 57.9 Å². The number of halogens is 1. The molecule has 0 unspecified atom stereocenters. The summed E-state index contributed by atoms with van der Waals surface area (Å²) in [7, 11) is 2.76. The highest BCUT2D eigenvalue weighted by molar-refractivity contribution is 5.92. The smallest absolute Gasteiger partial charge is 0.322 e. The van der Waals surface area contributed by atoms with Crippen LogP contribution in [0.5, 0.6) is 11.5 Å². The van der Waals surface area contributed by atoms with Crippen LogP contribution in [0.25, 0.3) is 0 Å². The first-order chi connectivity index (χ1) is 12.9. The maximum atomic E-state index is 13.8. The molecule has 27 heavy (non-hydrogen) atoms. The summed E-state index contributed by atoms with van der Waals surface area (Å²) < 4.78 is 23.7. The molecule has 0 heterocycles. The monoisotopic (exact) mass is 377 g/mol. The van der Waals surface area contributed by atoms with E-state index < -0.39 is 16.8 Å². The molecule has 0 saturated heterocycles. The molecule has 0 atom stereocenters. The van der Waals surface area contributed by atoms with Gasteiger partial charge in [-0.2, -0.15) is 0 Å². The van der Waals surface area contributed by atoms with E-state index in [0.29, 0.717) is 17.9 Å². The molecule has 0 saturated carbocycles. The van der Waals surface area contributed by atoms with E-state index in [-0.39, 0.29) is 23.7 Å². The van der Waals surface area contributed by atoms with Crippen molar-refractivity contribution in [3.63, 3.8) is 0 Å². The van der Waals surface area contributed by atoms with E-state index in [1.165, 1.54) is 49.5 Å². The van der Waals surface area contributed by atoms with Gasteiger partial charge in [-0.05, 0) is 36.8 Å². The summed E-state index contributed by atoms with van der Waals surface area (Å²) in [5, 5.41) is 13.8. The van der Waals surface area contributed by atoms with Gasteiger partial charge in [-0.1, -0.05) is 6.07 Å². The normalized spacial score (nSPS) is 10.2. The molecule has 0 radical (unpaired) electrons. The van der Waals surface area contributed by atoms with Crippen LogP contribution in [0.1, 0.15) is 12.5 Å². The summed E-state index contributed by atoms with van der Waals surface area (Å²) >= 11 is 0. The summed E-state index contributed by atoms with van der Waals surface area (Å²) in [6.45, 7) is 2.21. The maximum absolute atomic E-state index is 13.8. The number of nitrogens with one attached hydrogen (secondary N) is 1. The molecule has 2 aromatic carbocycles. The van der Waals surface area contributed by atoms with E-state index in [1.54, 1.807) is 13.0 Å². The fourth-order valence-corrected chi connectivity index (χ4v) is 2.45. The zero-order valence-corrected chi connectivity index (χ0v) is 15.2. The van der Waals surface area contributed by atoms with E-state index in [0.717, 1.165) is 0 Å². The summed E-state index contributed by atoms with van der Waals surface area (Å²) in [4.78, 5) is 24.6. The second-order valence-electron chi connectivity index (χ2n) is 5.55. The maximum Gasteiger partial charge on any atom is 0.322 e. The molecule has 2 rings (SSSR count). The number of nitro benzene ring substituents is 1. The Bertz CT molecular complexity index is 844. The zero-order valence-electron chi connectivity index (χ0n) is 15.2. The molecule has 0 aliphatic carbocycles. The highest BCUT2D eigenvalue weighted by Gasteiger charge is 2.20. The second kappa shape index (κ2) is 8.84. The van der Waals surface area contributed by atoms with E-state index in [9.17, 15) is 19.3 Å². The van der Waals surface area contributed by atoms with E-state index in [1.807, 2.05) is 0 Å². The van der Waals surface area contributed by atoms with Gasteiger partial charge in [0.2, 0.25) is 0 Å². The van der Waals surface area contributed by atoms with E-state index in [2.05, 4.69) is 5.32 Å². The number of nitrogens with zero attached hydrogens (tertiary/aromatic N) is 2. The van der Waals surface area contributed by atoms with Gasteiger partial charge < -0.3 is 19.7 Å². The minimum Gasteiger partial charge on any atom is -0.496 e. The molecule has 9 heteroatoms. The van der Waals surface area contributed by atoms with Gasteiger partial charge in [0.15, 0.2) is 11.6 Å². The number of nitro groups is 1. The van der Waals surface area contributed by atoms with Crippen molar-refractivity contribution >= 4 is 17.4 Å². The van der Waals surface area contributed by atoms with Gasteiger partial charge in [-0.25, -0.2) is 9.18 Å².